The van der Waals surface area contributed by atoms with Gasteiger partial charge in [-0.05, 0) is 12.2 Å². The highest BCUT2D eigenvalue weighted by Crippen LogP contribution is 1.97. The van der Waals surface area contributed by atoms with Crippen molar-refractivity contribution < 1.29 is 20.4 Å². The number of hydrazone groups is 1. The van der Waals surface area contributed by atoms with Crippen LogP contribution in [0.5, 0.6) is 0 Å². The molecule has 0 aromatic carbocycles. The molecule has 7 N–H and O–H groups in total. The van der Waals surface area contributed by atoms with Gasteiger partial charge in [0.15, 0.2) is 5.11 Å². The second kappa shape index (κ2) is 6.62. The third-order valence-electron chi connectivity index (χ3n) is 1.33. The van der Waals surface area contributed by atoms with Gasteiger partial charge in [0, 0.05) is 0 Å². The first-order valence-corrected chi connectivity index (χ1v) is 4.13. The molecule has 0 radical (unpaired) electrons. The maximum Gasteiger partial charge on any atom is 0.184 e. The molecule has 0 fully saturated rings. The number of thiocarbonyl (C=S) groups is 1. The average molecular weight is 223 g/mol. The zero-order valence-electron chi connectivity index (χ0n) is 7.24. The predicted molar refractivity (Wildman–Crippen MR) is 53.5 cm³/mol. The Morgan fingerprint density at radius 1 is 1.50 bits per heavy atom. The lowest BCUT2D eigenvalue weighted by molar-refractivity contribution is -0.0542. The number of rotatable bonds is 5. The molecule has 0 aliphatic heterocycles. The van der Waals surface area contributed by atoms with E-state index in [-0.39, 0.29) is 5.11 Å². The van der Waals surface area contributed by atoms with E-state index in [1.54, 1.807) is 0 Å². The van der Waals surface area contributed by atoms with Crippen molar-refractivity contribution in [1.82, 2.24) is 5.43 Å². The van der Waals surface area contributed by atoms with E-state index in [9.17, 15) is 0 Å². The third-order valence-corrected chi connectivity index (χ3v) is 1.42. The van der Waals surface area contributed by atoms with E-state index in [4.69, 9.17) is 26.2 Å². The van der Waals surface area contributed by atoms with Gasteiger partial charge in [-0.3, -0.25) is 5.43 Å². The monoisotopic (exact) mass is 223 g/mol. The Kier molecular flexibility index (Phi) is 6.25. The number of nitrogens with zero attached hydrogens (tertiary/aromatic N) is 1. The van der Waals surface area contributed by atoms with Crippen molar-refractivity contribution in [2.75, 3.05) is 6.61 Å². The molecule has 0 unspecified atom stereocenters. The van der Waals surface area contributed by atoms with Crippen molar-refractivity contribution in [2.24, 2.45) is 10.8 Å². The van der Waals surface area contributed by atoms with Crippen LogP contribution < -0.4 is 11.2 Å². The van der Waals surface area contributed by atoms with Gasteiger partial charge in [0.2, 0.25) is 0 Å². The van der Waals surface area contributed by atoms with Gasteiger partial charge >= 0.3 is 0 Å². The molecular weight excluding hydrogens is 210 g/mol. The SMILES string of the molecule is NC(=S)N/N=C\[C@H](O)[C@@H](O)[C@@H](O)CO. The number of nitrogens with one attached hydrogen (secondary N) is 1. The van der Waals surface area contributed by atoms with E-state index < -0.39 is 24.9 Å². The van der Waals surface area contributed by atoms with Gasteiger partial charge in [-0.1, -0.05) is 0 Å². The third kappa shape index (κ3) is 5.04. The molecule has 14 heavy (non-hydrogen) atoms. The fraction of sp³-hybridized carbons (Fsp3) is 0.667. The summed E-state index contributed by atoms with van der Waals surface area (Å²) in [7, 11) is 0. The summed E-state index contributed by atoms with van der Waals surface area (Å²) in [5.41, 5.74) is 7.17. The van der Waals surface area contributed by atoms with Crippen LogP contribution in [0.3, 0.4) is 0 Å². The molecule has 0 saturated heterocycles. The van der Waals surface area contributed by atoms with Gasteiger partial charge in [0.05, 0.1) is 12.8 Å². The lowest BCUT2D eigenvalue weighted by Crippen LogP contribution is -2.40. The summed E-state index contributed by atoms with van der Waals surface area (Å²) in [6.45, 7) is -0.658. The Balaban J connectivity index is 3.99. The number of nitrogens with two attached hydrogens (primary N) is 1. The Morgan fingerprint density at radius 3 is 2.50 bits per heavy atom. The Bertz CT molecular complexity index is 213. The molecule has 0 bridgehead atoms. The first-order chi connectivity index (χ1) is 6.49. The van der Waals surface area contributed by atoms with Crippen molar-refractivity contribution in [1.29, 1.82) is 0 Å². The summed E-state index contributed by atoms with van der Waals surface area (Å²) < 4.78 is 0. The first-order valence-electron chi connectivity index (χ1n) is 3.72. The van der Waals surface area contributed by atoms with Gasteiger partial charge < -0.3 is 26.2 Å². The summed E-state index contributed by atoms with van der Waals surface area (Å²) in [6.07, 6.45) is -3.46. The normalized spacial score (nSPS) is 17.7. The summed E-state index contributed by atoms with van der Waals surface area (Å²) in [5.74, 6) is 0. The zero-order valence-corrected chi connectivity index (χ0v) is 8.05. The molecular formula is C6H13N3O4S. The van der Waals surface area contributed by atoms with Crippen molar-refractivity contribution >= 4 is 23.5 Å². The molecule has 0 amide bonds. The molecule has 0 aromatic heterocycles. The number of aliphatic hydroxyl groups excluding tert-OH is 4. The minimum atomic E-state index is -1.52. The summed E-state index contributed by atoms with van der Waals surface area (Å²) in [5, 5.41) is 38.9. The standard InChI is InChI=1S/C6H13N3O4S/c7-6(14)9-8-1-3(11)5(13)4(12)2-10/h1,3-5,10-13H,2H2,(H3,7,9,14)/b8-1-/t3-,4-,5+/m0/s1. The smallest absolute Gasteiger partial charge is 0.184 e. The molecule has 0 heterocycles. The molecule has 7 nitrogen and oxygen atoms in total. The Morgan fingerprint density at radius 2 is 2.07 bits per heavy atom. The van der Waals surface area contributed by atoms with Crippen LogP contribution in [-0.2, 0) is 0 Å². The van der Waals surface area contributed by atoms with Gasteiger partial charge in [-0.2, -0.15) is 5.10 Å². The highest BCUT2D eigenvalue weighted by atomic mass is 32.1. The highest BCUT2D eigenvalue weighted by molar-refractivity contribution is 7.80. The lowest BCUT2D eigenvalue weighted by Gasteiger charge is -2.17. The Hall–Kier alpha value is -0.800. The molecule has 82 valence electrons. The molecule has 3 atom stereocenters. The maximum absolute atomic E-state index is 9.14. The molecule has 0 spiro atoms. The molecule has 0 aromatic rings. The minimum Gasteiger partial charge on any atom is -0.394 e. The van der Waals surface area contributed by atoms with Gasteiger partial charge in [0.1, 0.15) is 18.3 Å². The fourth-order valence-corrected chi connectivity index (χ4v) is 0.654. The average Bonchev–Trinajstić information content (AvgIpc) is 2.14. The van der Waals surface area contributed by atoms with Crippen LogP contribution in [0.4, 0.5) is 0 Å². The van der Waals surface area contributed by atoms with Crippen molar-refractivity contribution in [3.05, 3.63) is 0 Å². The predicted octanol–water partition coefficient (Wildman–Crippen LogP) is -3.12. The van der Waals surface area contributed by atoms with E-state index in [2.05, 4.69) is 22.7 Å². The molecule has 8 heteroatoms. The van der Waals surface area contributed by atoms with E-state index in [1.165, 1.54) is 0 Å². The lowest BCUT2D eigenvalue weighted by atomic mass is 10.1. The number of hydrogen-bond donors (Lipinski definition) is 6. The molecule has 0 rings (SSSR count). The highest BCUT2D eigenvalue weighted by Gasteiger charge is 2.22. The summed E-state index contributed by atoms with van der Waals surface area (Å²) in [4.78, 5) is 0. The van der Waals surface area contributed by atoms with Crippen LogP contribution in [0, 0.1) is 0 Å². The molecule has 0 aliphatic carbocycles. The quantitative estimate of drug-likeness (QED) is 0.165. The number of aliphatic hydroxyl groups is 4. The minimum absolute atomic E-state index is 0.0920. The van der Waals surface area contributed by atoms with Gasteiger partial charge in [-0.25, -0.2) is 0 Å². The zero-order chi connectivity index (χ0) is 11.1. The van der Waals surface area contributed by atoms with Gasteiger partial charge in [0.25, 0.3) is 0 Å². The largest absolute Gasteiger partial charge is 0.394 e. The van der Waals surface area contributed by atoms with Crippen LogP contribution in [-0.4, -0.2) is 56.7 Å². The second-order valence-corrected chi connectivity index (χ2v) is 2.93. The van der Waals surface area contributed by atoms with E-state index in [0.29, 0.717) is 0 Å². The number of hydrogen-bond acceptors (Lipinski definition) is 6. The molecule has 0 saturated carbocycles. The van der Waals surface area contributed by atoms with E-state index >= 15 is 0 Å². The fourth-order valence-electron chi connectivity index (χ4n) is 0.601. The summed E-state index contributed by atoms with van der Waals surface area (Å²) >= 11 is 4.41. The van der Waals surface area contributed by atoms with Gasteiger partial charge in [-0.15, -0.1) is 0 Å². The van der Waals surface area contributed by atoms with Crippen molar-refractivity contribution in [2.45, 2.75) is 18.3 Å². The van der Waals surface area contributed by atoms with Crippen molar-refractivity contribution in [3.8, 4) is 0 Å². The van der Waals surface area contributed by atoms with Crippen LogP contribution in [0.2, 0.25) is 0 Å². The summed E-state index contributed by atoms with van der Waals surface area (Å²) in [6, 6.07) is 0. The Labute approximate surface area is 85.9 Å². The van der Waals surface area contributed by atoms with Crippen molar-refractivity contribution in [3.63, 3.8) is 0 Å². The van der Waals surface area contributed by atoms with Crippen LogP contribution in [0.1, 0.15) is 0 Å². The molecule has 0 aliphatic rings. The van der Waals surface area contributed by atoms with Crippen LogP contribution in [0.25, 0.3) is 0 Å². The second-order valence-electron chi connectivity index (χ2n) is 2.49. The topological polar surface area (TPSA) is 131 Å². The maximum atomic E-state index is 9.14. The van der Waals surface area contributed by atoms with E-state index in [0.717, 1.165) is 6.21 Å². The van der Waals surface area contributed by atoms with Crippen LogP contribution >= 0.6 is 12.2 Å². The van der Waals surface area contributed by atoms with Crippen LogP contribution in [0.15, 0.2) is 5.10 Å². The first kappa shape index (κ1) is 13.2. The van der Waals surface area contributed by atoms with E-state index in [1.807, 2.05) is 0 Å².